The highest BCUT2D eigenvalue weighted by atomic mass is 32.2. The van der Waals surface area contributed by atoms with E-state index in [2.05, 4.69) is 16.9 Å². The van der Waals surface area contributed by atoms with Crippen molar-refractivity contribution in [2.75, 3.05) is 37.6 Å². The predicted octanol–water partition coefficient (Wildman–Crippen LogP) is 2.35. The van der Waals surface area contributed by atoms with Crippen LogP contribution in [-0.2, 0) is 0 Å². The zero-order valence-electron chi connectivity index (χ0n) is 11.9. The lowest BCUT2D eigenvalue weighted by Crippen LogP contribution is -2.23. The van der Waals surface area contributed by atoms with E-state index in [-0.39, 0.29) is 0 Å². The first-order valence-corrected chi connectivity index (χ1v) is 7.34. The number of guanidine groups is 1. The quantitative estimate of drug-likeness (QED) is 0.333. The number of hydrogen-bond acceptors (Lipinski definition) is 4. The number of aliphatic imine (C=N–C) groups is 1. The van der Waals surface area contributed by atoms with Crippen LogP contribution in [0.1, 0.15) is 0 Å². The molecule has 0 aliphatic heterocycles. The number of nitrogens with two attached hydrogens (primary N) is 1. The van der Waals surface area contributed by atoms with E-state index in [1.807, 2.05) is 24.3 Å². The standard InChI is InChI=1S/C14H21N3O2S/c1-4-8-20-9-7-16-14(15)17-11-5-6-12(18-2)13(10-11)19-3/h4-6,10H,1,7-9H2,2-3H3,(H3,15,16,17). The van der Waals surface area contributed by atoms with Crippen LogP contribution in [0.3, 0.4) is 0 Å². The summed E-state index contributed by atoms with van der Waals surface area (Å²) in [5.74, 6) is 3.55. The van der Waals surface area contributed by atoms with Gasteiger partial charge in [0, 0.05) is 23.3 Å². The molecule has 0 heterocycles. The fraction of sp³-hybridized carbons (Fsp3) is 0.357. The first-order valence-electron chi connectivity index (χ1n) is 6.19. The lowest BCUT2D eigenvalue weighted by atomic mass is 10.3. The Balaban J connectivity index is 2.54. The molecule has 0 amide bonds. The van der Waals surface area contributed by atoms with Gasteiger partial charge in [-0.1, -0.05) is 6.08 Å². The van der Waals surface area contributed by atoms with Gasteiger partial charge in [-0.05, 0) is 12.1 Å². The van der Waals surface area contributed by atoms with Crippen molar-refractivity contribution in [1.82, 2.24) is 0 Å². The topological polar surface area (TPSA) is 68.9 Å². The summed E-state index contributed by atoms with van der Waals surface area (Å²) >= 11 is 1.77. The van der Waals surface area contributed by atoms with E-state index in [0.29, 0.717) is 24.0 Å². The maximum atomic E-state index is 5.82. The third kappa shape index (κ3) is 5.44. The highest BCUT2D eigenvalue weighted by Crippen LogP contribution is 2.29. The summed E-state index contributed by atoms with van der Waals surface area (Å²) in [5.41, 5.74) is 6.63. The number of methoxy groups -OCH3 is 2. The molecule has 0 aliphatic carbocycles. The summed E-state index contributed by atoms with van der Waals surface area (Å²) in [7, 11) is 3.19. The molecule has 0 radical (unpaired) electrons. The number of rotatable bonds is 8. The molecule has 0 spiro atoms. The van der Waals surface area contributed by atoms with Gasteiger partial charge >= 0.3 is 0 Å². The van der Waals surface area contributed by atoms with Gasteiger partial charge in [-0.25, -0.2) is 0 Å². The van der Waals surface area contributed by atoms with Gasteiger partial charge in [-0.2, -0.15) is 11.8 Å². The number of benzene rings is 1. The molecule has 0 fully saturated rings. The number of anilines is 1. The molecular weight excluding hydrogens is 274 g/mol. The van der Waals surface area contributed by atoms with Gasteiger partial charge in [0.1, 0.15) is 0 Å². The third-order valence-corrected chi connectivity index (χ3v) is 3.35. The van der Waals surface area contributed by atoms with Crippen LogP contribution in [0.2, 0.25) is 0 Å². The minimum atomic E-state index is 0.386. The van der Waals surface area contributed by atoms with Crippen LogP contribution in [0, 0.1) is 0 Å². The normalized spacial score (nSPS) is 11.0. The molecule has 0 aromatic heterocycles. The van der Waals surface area contributed by atoms with Gasteiger partial charge in [0.2, 0.25) is 0 Å². The molecule has 5 nitrogen and oxygen atoms in total. The molecule has 1 aromatic carbocycles. The molecule has 20 heavy (non-hydrogen) atoms. The average Bonchev–Trinajstić information content (AvgIpc) is 2.46. The van der Waals surface area contributed by atoms with Gasteiger partial charge in [-0.3, -0.25) is 4.99 Å². The Hall–Kier alpha value is -1.82. The van der Waals surface area contributed by atoms with Crippen LogP contribution in [0.25, 0.3) is 0 Å². The highest BCUT2D eigenvalue weighted by molar-refractivity contribution is 7.99. The maximum absolute atomic E-state index is 5.82. The Kier molecular flexibility index (Phi) is 7.42. The summed E-state index contributed by atoms with van der Waals surface area (Å²) in [5, 5.41) is 3.02. The fourth-order valence-corrected chi connectivity index (χ4v) is 2.05. The Bertz CT molecular complexity index is 464. The molecule has 0 saturated carbocycles. The van der Waals surface area contributed by atoms with E-state index in [1.165, 1.54) is 0 Å². The van der Waals surface area contributed by atoms with E-state index in [4.69, 9.17) is 15.2 Å². The van der Waals surface area contributed by atoms with Gasteiger partial charge in [0.25, 0.3) is 0 Å². The third-order valence-electron chi connectivity index (χ3n) is 2.41. The predicted molar refractivity (Wildman–Crippen MR) is 87.2 cm³/mol. The number of nitrogens with zero attached hydrogens (tertiary/aromatic N) is 1. The molecule has 1 rings (SSSR count). The zero-order chi connectivity index (χ0) is 14.8. The van der Waals surface area contributed by atoms with Gasteiger partial charge in [0.05, 0.1) is 20.8 Å². The molecule has 6 heteroatoms. The van der Waals surface area contributed by atoms with Gasteiger partial charge in [-0.15, -0.1) is 6.58 Å². The minimum Gasteiger partial charge on any atom is -0.493 e. The molecule has 0 aliphatic rings. The molecule has 110 valence electrons. The van der Waals surface area contributed by atoms with E-state index >= 15 is 0 Å². The Morgan fingerprint density at radius 3 is 2.80 bits per heavy atom. The van der Waals surface area contributed by atoms with Crippen molar-refractivity contribution in [2.24, 2.45) is 10.7 Å². The highest BCUT2D eigenvalue weighted by Gasteiger charge is 2.04. The van der Waals surface area contributed by atoms with Crippen molar-refractivity contribution >= 4 is 23.4 Å². The Morgan fingerprint density at radius 1 is 1.40 bits per heavy atom. The molecule has 0 unspecified atom stereocenters. The molecule has 0 atom stereocenters. The number of hydrogen-bond donors (Lipinski definition) is 2. The van der Waals surface area contributed by atoms with Crippen LogP contribution in [0.5, 0.6) is 11.5 Å². The molecule has 0 bridgehead atoms. The molecule has 1 aromatic rings. The van der Waals surface area contributed by atoms with E-state index in [9.17, 15) is 0 Å². The summed E-state index contributed by atoms with van der Waals surface area (Å²) in [6, 6.07) is 5.48. The van der Waals surface area contributed by atoms with Gasteiger partial charge < -0.3 is 20.5 Å². The number of ether oxygens (including phenoxy) is 2. The fourth-order valence-electron chi connectivity index (χ4n) is 1.50. The second kappa shape index (κ2) is 9.14. The summed E-state index contributed by atoms with van der Waals surface area (Å²) in [4.78, 5) is 4.25. The largest absolute Gasteiger partial charge is 0.493 e. The van der Waals surface area contributed by atoms with E-state index in [1.54, 1.807) is 26.0 Å². The lowest BCUT2D eigenvalue weighted by molar-refractivity contribution is 0.355. The molecule has 0 saturated heterocycles. The second-order valence-electron chi connectivity index (χ2n) is 3.83. The number of thioether (sulfide) groups is 1. The molecule has 3 N–H and O–H groups in total. The van der Waals surface area contributed by atoms with Crippen molar-refractivity contribution in [2.45, 2.75) is 0 Å². The van der Waals surface area contributed by atoms with Crippen molar-refractivity contribution in [3.63, 3.8) is 0 Å². The van der Waals surface area contributed by atoms with Gasteiger partial charge in [0.15, 0.2) is 17.5 Å². The zero-order valence-corrected chi connectivity index (χ0v) is 12.7. The minimum absolute atomic E-state index is 0.386. The monoisotopic (exact) mass is 295 g/mol. The van der Waals surface area contributed by atoms with Crippen molar-refractivity contribution in [1.29, 1.82) is 0 Å². The Labute approximate surface area is 124 Å². The second-order valence-corrected chi connectivity index (χ2v) is 4.98. The van der Waals surface area contributed by atoms with Crippen molar-refractivity contribution in [3.8, 4) is 11.5 Å². The SMILES string of the molecule is C=CCSCCN=C(N)Nc1ccc(OC)c(OC)c1. The smallest absolute Gasteiger partial charge is 0.193 e. The summed E-state index contributed by atoms with van der Waals surface area (Å²) < 4.78 is 10.4. The average molecular weight is 295 g/mol. The number of nitrogens with one attached hydrogen (secondary N) is 1. The van der Waals surface area contributed by atoms with Crippen LogP contribution in [-0.4, -0.2) is 38.2 Å². The summed E-state index contributed by atoms with van der Waals surface area (Å²) in [6.07, 6.45) is 1.87. The first kappa shape index (κ1) is 16.2. The van der Waals surface area contributed by atoms with Crippen LogP contribution < -0.4 is 20.5 Å². The lowest BCUT2D eigenvalue weighted by Gasteiger charge is -2.10. The summed E-state index contributed by atoms with van der Waals surface area (Å²) in [6.45, 7) is 4.34. The van der Waals surface area contributed by atoms with Crippen LogP contribution >= 0.6 is 11.8 Å². The van der Waals surface area contributed by atoms with Crippen molar-refractivity contribution < 1.29 is 9.47 Å². The first-order chi connectivity index (χ1) is 9.71. The van der Waals surface area contributed by atoms with Crippen LogP contribution in [0.4, 0.5) is 5.69 Å². The van der Waals surface area contributed by atoms with Crippen LogP contribution in [0.15, 0.2) is 35.8 Å². The van der Waals surface area contributed by atoms with E-state index in [0.717, 1.165) is 17.2 Å². The maximum Gasteiger partial charge on any atom is 0.193 e. The Morgan fingerprint density at radius 2 is 2.15 bits per heavy atom. The van der Waals surface area contributed by atoms with E-state index < -0.39 is 0 Å². The molecular formula is C14H21N3O2S. The van der Waals surface area contributed by atoms with Crippen molar-refractivity contribution in [3.05, 3.63) is 30.9 Å².